The average molecular weight is 484 g/mol. The van der Waals surface area contributed by atoms with Crippen LogP contribution < -0.4 is 5.32 Å². The van der Waals surface area contributed by atoms with Crippen molar-refractivity contribution in [2.24, 2.45) is 0 Å². The first kappa shape index (κ1) is 21.2. The topological polar surface area (TPSA) is 111 Å². The second-order valence-corrected chi connectivity index (χ2v) is 8.32. The Balaban J connectivity index is 1.53. The Morgan fingerprint density at radius 3 is 2.90 bits per heavy atom. The lowest BCUT2D eigenvalue weighted by atomic mass is 10.2. The summed E-state index contributed by atoms with van der Waals surface area (Å²) in [6.45, 7) is 5.06. The monoisotopic (exact) mass is 483 g/mol. The summed E-state index contributed by atoms with van der Waals surface area (Å²) in [6.07, 6.45) is 2.07. The number of rotatable bonds is 6. The van der Waals surface area contributed by atoms with Crippen LogP contribution in [0.25, 0.3) is 11.4 Å². The number of tetrazole rings is 1. The van der Waals surface area contributed by atoms with Gasteiger partial charge in [0, 0.05) is 22.3 Å². The second kappa shape index (κ2) is 8.99. The molecule has 160 valence electrons. The Bertz CT molecular complexity index is 1160. The highest BCUT2D eigenvalue weighted by Gasteiger charge is 2.24. The summed E-state index contributed by atoms with van der Waals surface area (Å²) in [7, 11) is 0. The summed E-state index contributed by atoms with van der Waals surface area (Å²) in [4.78, 5) is 14.0. The Morgan fingerprint density at radius 1 is 1.39 bits per heavy atom. The van der Waals surface area contributed by atoms with E-state index in [0.29, 0.717) is 23.8 Å². The summed E-state index contributed by atoms with van der Waals surface area (Å²) in [5, 5.41) is 24.9. The van der Waals surface area contributed by atoms with Gasteiger partial charge in [-0.15, -0.1) is 10.2 Å². The van der Waals surface area contributed by atoms with Crippen LogP contribution in [0.1, 0.15) is 29.7 Å². The standard InChI is InChI=1S/C21H22BrN7O2/c1-13-14(2)28(11-15-6-5-9-31-15)21(17(13)10-23)24-19(30)12-29-26-20(25-27-29)16-7-3-4-8-18(16)22/h3-4,7-8,15H,5-6,9,11-12H2,1-2H3,(H,24,30). The number of nitrogens with one attached hydrogen (secondary N) is 1. The molecule has 1 fully saturated rings. The Morgan fingerprint density at radius 2 is 2.19 bits per heavy atom. The van der Waals surface area contributed by atoms with Gasteiger partial charge < -0.3 is 14.6 Å². The highest BCUT2D eigenvalue weighted by atomic mass is 79.9. The van der Waals surface area contributed by atoms with E-state index in [9.17, 15) is 10.1 Å². The van der Waals surface area contributed by atoms with Crippen molar-refractivity contribution in [3.8, 4) is 17.5 Å². The highest BCUT2D eigenvalue weighted by molar-refractivity contribution is 9.10. The summed E-state index contributed by atoms with van der Waals surface area (Å²) in [5.74, 6) is 0.578. The number of aromatic nitrogens is 5. The van der Waals surface area contributed by atoms with E-state index in [1.807, 2.05) is 42.7 Å². The SMILES string of the molecule is Cc1c(C#N)c(NC(=O)Cn2nnc(-c3ccccc3Br)n2)n(CC2CCCO2)c1C. The number of benzene rings is 1. The van der Waals surface area contributed by atoms with Gasteiger partial charge in [-0.05, 0) is 49.6 Å². The fourth-order valence-electron chi connectivity index (χ4n) is 3.71. The van der Waals surface area contributed by atoms with Crippen LogP contribution in [0.5, 0.6) is 0 Å². The summed E-state index contributed by atoms with van der Waals surface area (Å²) in [6, 6.07) is 9.75. The fourth-order valence-corrected chi connectivity index (χ4v) is 4.17. The predicted octanol–water partition coefficient (Wildman–Crippen LogP) is 3.21. The zero-order valence-electron chi connectivity index (χ0n) is 17.3. The van der Waals surface area contributed by atoms with Gasteiger partial charge in [-0.25, -0.2) is 0 Å². The molecule has 9 nitrogen and oxygen atoms in total. The van der Waals surface area contributed by atoms with Crippen molar-refractivity contribution in [3.63, 3.8) is 0 Å². The molecule has 1 aliphatic heterocycles. The molecule has 31 heavy (non-hydrogen) atoms. The number of ether oxygens (including phenoxy) is 1. The number of halogens is 1. The molecular formula is C21H22BrN7O2. The molecule has 1 aliphatic rings. The highest BCUT2D eigenvalue weighted by Crippen LogP contribution is 2.28. The van der Waals surface area contributed by atoms with Gasteiger partial charge >= 0.3 is 0 Å². The minimum Gasteiger partial charge on any atom is -0.376 e. The largest absolute Gasteiger partial charge is 0.376 e. The van der Waals surface area contributed by atoms with Gasteiger partial charge in [0.2, 0.25) is 11.7 Å². The van der Waals surface area contributed by atoms with Crippen LogP contribution in [0.3, 0.4) is 0 Å². The number of nitrogens with zero attached hydrogens (tertiary/aromatic N) is 6. The van der Waals surface area contributed by atoms with E-state index in [1.165, 1.54) is 4.80 Å². The van der Waals surface area contributed by atoms with Crippen molar-refractivity contribution in [1.82, 2.24) is 24.8 Å². The molecule has 10 heteroatoms. The zero-order valence-corrected chi connectivity index (χ0v) is 18.9. The van der Waals surface area contributed by atoms with Crippen molar-refractivity contribution >= 4 is 27.7 Å². The number of carbonyl (C=O) groups is 1. The maximum Gasteiger partial charge on any atom is 0.249 e. The molecule has 0 bridgehead atoms. The minimum absolute atomic E-state index is 0.0801. The molecule has 3 aromatic rings. The molecule has 1 atom stereocenters. The number of hydrogen-bond acceptors (Lipinski definition) is 6. The lowest BCUT2D eigenvalue weighted by molar-refractivity contribution is -0.117. The van der Waals surface area contributed by atoms with Gasteiger partial charge in [0.05, 0.1) is 18.2 Å². The molecule has 4 rings (SSSR count). The maximum atomic E-state index is 12.8. The van der Waals surface area contributed by atoms with Crippen molar-refractivity contribution in [3.05, 3.63) is 45.6 Å². The molecule has 1 N–H and O–H groups in total. The van der Waals surface area contributed by atoms with E-state index in [2.05, 4.69) is 42.7 Å². The average Bonchev–Trinajstić information content (AvgIpc) is 3.47. The Labute approximate surface area is 188 Å². The smallest absolute Gasteiger partial charge is 0.249 e. The van der Waals surface area contributed by atoms with E-state index in [1.54, 1.807) is 0 Å². The second-order valence-electron chi connectivity index (χ2n) is 7.46. The number of carbonyl (C=O) groups excluding carboxylic acids is 1. The Hall–Kier alpha value is -3.03. The molecular weight excluding hydrogens is 462 g/mol. The molecule has 1 amide bonds. The first-order valence-electron chi connectivity index (χ1n) is 10.0. The third-order valence-electron chi connectivity index (χ3n) is 5.46. The van der Waals surface area contributed by atoms with E-state index in [-0.39, 0.29) is 18.6 Å². The first-order chi connectivity index (χ1) is 15.0. The van der Waals surface area contributed by atoms with Crippen LogP contribution in [0.4, 0.5) is 5.82 Å². The lowest BCUT2D eigenvalue weighted by Gasteiger charge is -2.16. The third kappa shape index (κ3) is 4.38. The van der Waals surface area contributed by atoms with Crippen LogP contribution in [0, 0.1) is 25.2 Å². The zero-order chi connectivity index (χ0) is 22.0. The fraction of sp³-hybridized carbons (Fsp3) is 0.381. The third-order valence-corrected chi connectivity index (χ3v) is 6.15. The number of nitriles is 1. The maximum absolute atomic E-state index is 12.8. The molecule has 0 radical (unpaired) electrons. The molecule has 1 aromatic carbocycles. The molecule has 0 saturated carbocycles. The van der Waals surface area contributed by atoms with Crippen LogP contribution in [-0.4, -0.2) is 43.4 Å². The van der Waals surface area contributed by atoms with Gasteiger partial charge in [0.1, 0.15) is 18.4 Å². The summed E-state index contributed by atoms with van der Waals surface area (Å²) >= 11 is 3.47. The molecule has 0 aliphatic carbocycles. The predicted molar refractivity (Wildman–Crippen MR) is 117 cm³/mol. The summed E-state index contributed by atoms with van der Waals surface area (Å²) < 4.78 is 8.56. The van der Waals surface area contributed by atoms with Crippen molar-refractivity contribution in [2.75, 3.05) is 11.9 Å². The first-order valence-corrected chi connectivity index (χ1v) is 10.8. The van der Waals surface area contributed by atoms with Gasteiger partial charge in [-0.1, -0.05) is 28.1 Å². The van der Waals surface area contributed by atoms with E-state index < -0.39 is 0 Å². The van der Waals surface area contributed by atoms with Crippen LogP contribution in [0.2, 0.25) is 0 Å². The molecule has 3 heterocycles. The van der Waals surface area contributed by atoms with Crippen LogP contribution >= 0.6 is 15.9 Å². The number of hydrogen-bond donors (Lipinski definition) is 1. The van der Waals surface area contributed by atoms with Gasteiger partial charge in [0.25, 0.3) is 0 Å². The normalized spacial score (nSPS) is 15.7. The van der Waals surface area contributed by atoms with Crippen molar-refractivity contribution < 1.29 is 9.53 Å². The molecule has 2 aromatic heterocycles. The van der Waals surface area contributed by atoms with E-state index in [0.717, 1.165) is 40.7 Å². The number of anilines is 1. The van der Waals surface area contributed by atoms with Crippen molar-refractivity contribution in [1.29, 1.82) is 5.26 Å². The van der Waals surface area contributed by atoms with Crippen LogP contribution in [-0.2, 0) is 22.6 Å². The molecule has 0 spiro atoms. The van der Waals surface area contributed by atoms with Gasteiger partial charge in [0.15, 0.2) is 0 Å². The number of amides is 1. The van der Waals surface area contributed by atoms with E-state index in [4.69, 9.17) is 4.74 Å². The summed E-state index contributed by atoms with van der Waals surface area (Å²) in [5.41, 5.74) is 3.05. The van der Waals surface area contributed by atoms with Gasteiger partial charge in [-0.3, -0.25) is 4.79 Å². The quantitative estimate of drug-likeness (QED) is 0.576. The van der Waals surface area contributed by atoms with Crippen molar-refractivity contribution in [2.45, 2.75) is 45.9 Å². The minimum atomic E-state index is -0.335. The van der Waals surface area contributed by atoms with E-state index >= 15 is 0 Å². The molecule has 1 unspecified atom stereocenters. The lowest BCUT2D eigenvalue weighted by Crippen LogP contribution is -2.24. The van der Waals surface area contributed by atoms with Gasteiger partial charge in [-0.2, -0.15) is 10.1 Å². The Kier molecular flexibility index (Phi) is 6.15. The van der Waals surface area contributed by atoms with Crippen LogP contribution in [0.15, 0.2) is 28.7 Å². The molecule has 1 saturated heterocycles.